The van der Waals surface area contributed by atoms with Crippen molar-refractivity contribution < 1.29 is 14.3 Å². The molecule has 218 valence electrons. The van der Waals surface area contributed by atoms with Crippen LogP contribution in [0.4, 0.5) is 11.8 Å². The average Bonchev–Trinajstić information content (AvgIpc) is 3.45. The first-order chi connectivity index (χ1) is 20.1. The Balaban J connectivity index is 1.24. The minimum Gasteiger partial charge on any atom is -0.354 e. The maximum absolute atomic E-state index is 13.3. The summed E-state index contributed by atoms with van der Waals surface area (Å²) in [5, 5.41) is 5.01. The van der Waals surface area contributed by atoms with Crippen LogP contribution in [0.1, 0.15) is 49.5 Å². The number of carbonyl (C=O) groups excluding carboxylic acids is 1. The van der Waals surface area contributed by atoms with Crippen LogP contribution in [-0.2, 0) is 15.9 Å². The van der Waals surface area contributed by atoms with E-state index in [2.05, 4.69) is 29.3 Å². The van der Waals surface area contributed by atoms with Gasteiger partial charge in [-0.25, -0.2) is 4.98 Å². The first kappa shape index (κ1) is 29.4. The van der Waals surface area contributed by atoms with E-state index in [0.717, 1.165) is 59.9 Å². The summed E-state index contributed by atoms with van der Waals surface area (Å²) in [5.41, 5.74) is 4.24. The van der Waals surface area contributed by atoms with Crippen LogP contribution >= 0.6 is 11.8 Å². The monoisotopic (exact) mass is 575 g/mol. The molecule has 1 amide bonds. The van der Waals surface area contributed by atoms with Crippen molar-refractivity contribution in [2.75, 3.05) is 56.2 Å². The van der Waals surface area contributed by atoms with Crippen LogP contribution in [-0.4, -0.2) is 78.3 Å². The molecular formula is C32H41N5O3S. The van der Waals surface area contributed by atoms with Gasteiger partial charge in [-0.05, 0) is 49.9 Å². The highest BCUT2D eigenvalue weighted by Crippen LogP contribution is 2.42. The summed E-state index contributed by atoms with van der Waals surface area (Å²) in [7, 11) is 0. The molecule has 1 aromatic heterocycles. The van der Waals surface area contributed by atoms with Crippen LogP contribution in [0, 0.1) is 0 Å². The highest BCUT2D eigenvalue weighted by Gasteiger charge is 2.31. The Kier molecular flexibility index (Phi) is 10.1. The van der Waals surface area contributed by atoms with Crippen molar-refractivity contribution in [2.45, 2.75) is 56.6 Å². The zero-order chi connectivity index (χ0) is 28.6. The van der Waals surface area contributed by atoms with Gasteiger partial charge >= 0.3 is 0 Å². The molecule has 41 heavy (non-hydrogen) atoms. The van der Waals surface area contributed by atoms with E-state index in [9.17, 15) is 4.79 Å². The van der Waals surface area contributed by atoms with E-state index >= 15 is 0 Å². The molecule has 5 rings (SSSR count). The number of benzene rings is 2. The van der Waals surface area contributed by atoms with Gasteiger partial charge in [0.2, 0.25) is 5.95 Å². The smallest absolute Gasteiger partial charge is 0.253 e. The number of aromatic nitrogens is 2. The number of rotatable bonds is 12. The molecule has 9 heteroatoms. The molecule has 0 spiro atoms. The average molecular weight is 576 g/mol. The van der Waals surface area contributed by atoms with E-state index in [4.69, 9.17) is 19.4 Å². The van der Waals surface area contributed by atoms with Crippen molar-refractivity contribution in [3.63, 3.8) is 0 Å². The molecular weight excluding hydrogens is 534 g/mol. The predicted molar refractivity (Wildman–Crippen MR) is 166 cm³/mol. The van der Waals surface area contributed by atoms with Gasteiger partial charge in [0.1, 0.15) is 10.8 Å². The van der Waals surface area contributed by atoms with Crippen molar-refractivity contribution in [2.24, 2.45) is 0 Å². The SMILES string of the molecule is CCOC(CCNc1nc2c(c(N3CCN(C(=O)c4ccc(-c5ccccc5)cc4)CC3)n1)CC(CC)S2)OCC. The first-order valence-corrected chi connectivity index (χ1v) is 15.7. The normalized spacial score (nSPS) is 16.7. The van der Waals surface area contributed by atoms with Crippen LogP contribution in [0.2, 0.25) is 0 Å². The minimum atomic E-state index is -0.231. The van der Waals surface area contributed by atoms with Crippen molar-refractivity contribution in [3.8, 4) is 11.1 Å². The van der Waals surface area contributed by atoms with Gasteiger partial charge in [-0.3, -0.25) is 4.79 Å². The second-order valence-corrected chi connectivity index (χ2v) is 11.6. The molecule has 2 aliphatic heterocycles. The molecule has 2 aliphatic rings. The molecule has 0 saturated carbocycles. The van der Waals surface area contributed by atoms with Crippen molar-refractivity contribution in [1.82, 2.24) is 14.9 Å². The zero-order valence-corrected chi connectivity index (χ0v) is 25.2. The quantitative estimate of drug-likeness (QED) is 0.217. The summed E-state index contributed by atoms with van der Waals surface area (Å²) >= 11 is 1.85. The summed E-state index contributed by atoms with van der Waals surface area (Å²) < 4.78 is 11.4. The number of anilines is 2. The van der Waals surface area contributed by atoms with Crippen LogP contribution in [0.25, 0.3) is 11.1 Å². The van der Waals surface area contributed by atoms with Gasteiger partial charge in [-0.1, -0.05) is 49.4 Å². The van der Waals surface area contributed by atoms with E-state index in [1.165, 1.54) is 5.56 Å². The van der Waals surface area contributed by atoms with E-state index in [0.29, 0.717) is 44.0 Å². The summed E-state index contributed by atoms with van der Waals surface area (Å²) in [5.74, 6) is 1.73. The Labute approximate surface area is 247 Å². The maximum Gasteiger partial charge on any atom is 0.253 e. The summed E-state index contributed by atoms with van der Waals surface area (Å²) in [6, 6.07) is 18.2. The van der Waals surface area contributed by atoms with E-state index in [-0.39, 0.29) is 12.2 Å². The molecule has 1 saturated heterocycles. The van der Waals surface area contributed by atoms with Gasteiger partial charge in [-0.15, -0.1) is 11.8 Å². The van der Waals surface area contributed by atoms with Gasteiger partial charge in [0.15, 0.2) is 6.29 Å². The number of amides is 1. The highest BCUT2D eigenvalue weighted by molar-refractivity contribution is 8.00. The molecule has 1 N–H and O–H groups in total. The summed E-state index contributed by atoms with van der Waals surface area (Å²) in [6.07, 6.45) is 2.56. The number of fused-ring (bicyclic) bond motifs is 1. The molecule has 2 aromatic carbocycles. The minimum absolute atomic E-state index is 0.0827. The standard InChI is InChI=1S/C32H41N5O3S/c1-4-26-22-27-29(34-32(35-30(27)41-26)33-17-16-28(39-5-2)40-6-3)36-18-20-37(21-19-36)31(38)25-14-12-24(13-15-25)23-10-8-7-9-11-23/h7-15,26,28H,4-6,16-22H2,1-3H3,(H,33,34,35). The molecule has 3 heterocycles. The third kappa shape index (κ3) is 7.20. The summed E-state index contributed by atoms with van der Waals surface area (Å²) in [6.45, 7) is 10.9. The fourth-order valence-electron chi connectivity index (χ4n) is 5.35. The number of thioether (sulfide) groups is 1. The number of nitrogens with zero attached hydrogens (tertiary/aromatic N) is 4. The Bertz CT molecular complexity index is 1280. The van der Waals surface area contributed by atoms with Crippen LogP contribution in [0.5, 0.6) is 0 Å². The molecule has 3 aromatic rings. The van der Waals surface area contributed by atoms with Gasteiger partial charge in [0.05, 0.1) is 0 Å². The van der Waals surface area contributed by atoms with Crippen molar-refractivity contribution >= 4 is 29.4 Å². The molecule has 0 radical (unpaired) electrons. The third-order valence-corrected chi connectivity index (χ3v) is 8.98. The van der Waals surface area contributed by atoms with Gasteiger partial charge in [0, 0.05) is 68.7 Å². The van der Waals surface area contributed by atoms with Crippen LogP contribution in [0.15, 0.2) is 59.6 Å². The Morgan fingerprint density at radius 3 is 2.29 bits per heavy atom. The number of piperazine rings is 1. The predicted octanol–water partition coefficient (Wildman–Crippen LogP) is 5.73. The topological polar surface area (TPSA) is 79.8 Å². The molecule has 1 fully saturated rings. The van der Waals surface area contributed by atoms with Gasteiger partial charge in [0.25, 0.3) is 5.91 Å². The molecule has 0 bridgehead atoms. The Morgan fingerprint density at radius 1 is 0.951 bits per heavy atom. The number of hydrogen-bond acceptors (Lipinski definition) is 8. The van der Waals surface area contributed by atoms with E-state index < -0.39 is 0 Å². The van der Waals surface area contributed by atoms with Crippen molar-refractivity contribution in [3.05, 3.63) is 65.7 Å². The third-order valence-electron chi connectivity index (χ3n) is 7.59. The number of carbonyl (C=O) groups is 1. The lowest BCUT2D eigenvalue weighted by atomic mass is 10.0. The van der Waals surface area contributed by atoms with E-state index in [1.54, 1.807) is 0 Å². The molecule has 8 nitrogen and oxygen atoms in total. The first-order valence-electron chi connectivity index (χ1n) is 14.8. The lowest BCUT2D eigenvalue weighted by Crippen LogP contribution is -2.49. The molecule has 1 atom stereocenters. The number of hydrogen-bond donors (Lipinski definition) is 1. The second-order valence-electron chi connectivity index (χ2n) is 10.3. The maximum atomic E-state index is 13.3. The Morgan fingerprint density at radius 2 is 1.63 bits per heavy atom. The van der Waals surface area contributed by atoms with Crippen molar-refractivity contribution in [1.29, 1.82) is 0 Å². The Hall–Kier alpha value is -3.14. The van der Waals surface area contributed by atoms with Gasteiger partial charge < -0.3 is 24.6 Å². The fourth-order valence-corrected chi connectivity index (χ4v) is 6.54. The largest absolute Gasteiger partial charge is 0.354 e. The lowest BCUT2D eigenvalue weighted by molar-refractivity contribution is -0.137. The van der Waals surface area contributed by atoms with Crippen LogP contribution in [0.3, 0.4) is 0 Å². The van der Waals surface area contributed by atoms with Crippen LogP contribution < -0.4 is 10.2 Å². The highest BCUT2D eigenvalue weighted by atomic mass is 32.2. The fraction of sp³-hybridized carbons (Fsp3) is 0.469. The second kappa shape index (κ2) is 14.2. The molecule has 0 aliphatic carbocycles. The number of ether oxygens (including phenoxy) is 2. The molecule has 1 unspecified atom stereocenters. The van der Waals surface area contributed by atoms with Gasteiger partial charge in [-0.2, -0.15) is 4.98 Å². The lowest BCUT2D eigenvalue weighted by Gasteiger charge is -2.36. The number of nitrogens with one attached hydrogen (secondary N) is 1. The zero-order valence-electron chi connectivity index (χ0n) is 24.3. The van der Waals surface area contributed by atoms with E-state index in [1.807, 2.05) is 73.0 Å². The summed E-state index contributed by atoms with van der Waals surface area (Å²) in [4.78, 5) is 27.5.